The minimum atomic E-state index is -0.0757. The lowest BCUT2D eigenvalue weighted by atomic mass is 9.84. The van der Waals surface area contributed by atoms with E-state index in [2.05, 4.69) is 41.6 Å². The molecule has 0 radical (unpaired) electrons. The number of methoxy groups -OCH3 is 1. The second kappa shape index (κ2) is 10.3. The molecule has 2 rings (SSSR count). The molecule has 0 unspecified atom stereocenters. The molecule has 6 nitrogen and oxygen atoms in total. The molecule has 0 atom stereocenters. The molecule has 0 aliphatic heterocycles. The Morgan fingerprint density at radius 1 is 1.25 bits per heavy atom. The maximum Gasteiger partial charge on any atom is 0.308 e. The van der Waals surface area contributed by atoms with E-state index in [0.29, 0.717) is 12.6 Å². The number of carbonyl (C=O) groups is 1. The molecule has 1 saturated carbocycles. The third-order valence-corrected chi connectivity index (χ3v) is 5.46. The van der Waals surface area contributed by atoms with Crippen LogP contribution in [0.1, 0.15) is 52.0 Å². The summed E-state index contributed by atoms with van der Waals surface area (Å²) in [5.41, 5.74) is 1.14. The van der Waals surface area contributed by atoms with Crippen LogP contribution in [0.25, 0.3) is 0 Å². The third kappa shape index (κ3) is 6.14. The van der Waals surface area contributed by atoms with Gasteiger partial charge in [-0.1, -0.05) is 26.0 Å². The summed E-state index contributed by atoms with van der Waals surface area (Å²) in [5.74, 6) is 1.66. The molecule has 28 heavy (non-hydrogen) atoms. The zero-order valence-corrected chi connectivity index (χ0v) is 17.9. The Bertz CT molecular complexity index is 665. The highest BCUT2D eigenvalue weighted by Crippen LogP contribution is 2.27. The van der Waals surface area contributed by atoms with E-state index in [1.807, 2.05) is 19.1 Å². The van der Waals surface area contributed by atoms with Crippen molar-refractivity contribution in [3.8, 4) is 5.75 Å². The van der Waals surface area contributed by atoms with Gasteiger partial charge in [-0.3, -0.25) is 9.79 Å². The highest BCUT2D eigenvalue weighted by Gasteiger charge is 2.28. The molecule has 0 heterocycles. The molecule has 2 N–H and O–H groups in total. The fourth-order valence-electron chi connectivity index (χ4n) is 3.57. The van der Waals surface area contributed by atoms with E-state index < -0.39 is 0 Å². The van der Waals surface area contributed by atoms with Gasteiger partial charge in [-0.2, -0.15) is 0 Å². The zero-order valence-electron chi connectivity index (χ0n) is 17.9. The van der Waals surface area contributed by atoms with Crippen molar-refractivity contribution < 1.29 is 14.3 Å². The minimum Gasteiger partial charge on any atom is -0.497 e. The van der Waals surface area contributed by atoms with Gasteiger partial charge in [0, 0.05) is 25.0 Å². The Kier molecular flexibility index (Phi) is 8.15. The lowest BCUT2D eigenvalue weighted by Crippen LogP contribution is -2.48. The van der Waals surface area contributed by atoms with Crippen molar-refractivity contribution in [2.24, 2.45) is 10.9 Å². The van der Waals surface area contributed by atoms with Gasteiger partial charge in [-0.25, -0.2) is 0 Å². The van der Waals surface area contributed by atoms with E-state index in [0.717, 1.165) is 43.9 Å². The lowest BCUT2D eigenvalue weighted by Gasteiger charge is -2.31. The van der Waals surface area contributed by atoms with Gasteiger partial charge in [0.1, 0.15) is 5.75 Å². The summed E-state index contributed by atoms with van der Waals surface area (Å²) in [4.78, 5) is 16.3. The number of hydrogen-bond acceptors (Lipinski definition) is 4. The van der Waals surface area contributed by atoms with Crippen LogP contribution in [0.3, 0.4) is 0 Å². The van der Waals surface area contributed by atoms with Crippen LogP contribution in [-0.4, -0.2) is 45.3 Å². The Morgan fingerprint density at radius 3 is 2.57 bits per heavy atom. The molecule has 1 aromatic carbocycles. The maximum absolute atomic E-state index is 11.9. The second-order valence-corrected chi connectivity index (χ2v) is 7.99. The number of nitrogens with zero attached hydrogens (tertiary/aromatic N) is 1. The smallest absolute Gasteiger partial charge is 0.308 e. The van der Waals surface area contributed by atoms with Crippen LogP contribution in [0.2, 0.25) is 0 Å². The van der Waals surface area contributed by atoms with Gasteiger partial charge in [0.05, 0.1) is 19.6 Å². The Labute approximate surface area is 169 Å². The predicted octanol–water partition coefficient (Wildman–Crippen LogP) is 3.26. The molecule has 1 aliphatic carbocycles. The first kappa shape index (κ1) is 22.1. The van der Waals surface area contributed by atoms with Crippen LogP contribution in [-0.2, 0) is 14.9 Å². The second-order valence-electron chi connectivity index (χ2n) is 7.99. The predicted molar refractivity (Wildman–Crippen MR) is 113 cm³/mol. The van der Waals surface area contributed by atoms with Crippen LogP contribution in [0.4, 0.5) is 0 Å². The molecule has 1 fully saturated rings. The standard InChI is InChI=1S/C22H35N3O3/c1-6-28-20(26)16-10-12-18(13-11-16)25-21(23-4)24-15-22(2,3)17-8-7-9-19(14-17)27-5/h7-9,14,16,18H,6,10-13,15H2,1-5H3,(H2,23,24,25). The first-order valence-electron chi connectivity index (χ1n) is 10.2. The fraction of sp³-hybridized carbons (Fsp3) is 0.636. The van der Waals surface area contributed by atoms with Crippen molar-refractivity contribution in [2.45, 2.75) is 57.9 Å². The summed E-state index contributed by atoms with van der Waals surface area (Å²) < 4.78 is 10.5. The molecule has 0 spiro atoms. The molecule has 0 amide bonds. The molecule has 0 bridgehead atoms. The van der Waals surface area contributed by atoms with E-state index in [1.54, 1.807) is 14.2 Å². The zero-order chi connectivity index (χ0) is 20.6. The highest BCUT2D eigenvalue weighted by atomic mass is 16.5. The summed E-state index contributed by atoms with van der Waals surface area (Å²) in [6, 6.07) is 8.51. The van der Waals surface area contributed by atoms with Gasteiger partial charge in [0.15, 0.2) is 5.96 Å². The molecule has 6 heteroatoms. The minimum absolute atomic E-state index is 0.0416. The monoisotopic (exact) mass is 389 g/mol. The third-order valence-electron chi connectivity index (χ3n) is 5.46. The Balaban J connectivity index is 1.85. The van der Waals surface area contributed by atoms with E-state index in [4.69, 9.17) is 9.47 Å². The Hall–Kier alpha value is -2.24. The number of guanidine groups is 1. The molecular formula is C22H35N3O3. The average Bonchev–Trinajstić information content (AvgIpc) is 2.71. The lowest BCUT2D eigenvalue weighted by molar-refractivity contribution is -0.149. The number of hydrogen-bond donors (Lipinski definition) is 2. The molecule has 0 saturated heterocycles. The van der Waals surface area contributed by atoms with Crippen molar-refractivity contribution in [3.05, 3.63) is 29.8 Å². The number of benzene rings is 1. The summed E-state index contributed by atoms with van der Waals surface area (Å²) in [6.07, 6.45) is 3.62. The number of carbonyl (C=O) groups excluding carboxylic acids is 1. The average molecular weight is 390 g/mol. The fourth-order valence-corrected chi connectivity index (χ4v) is 3.57. The normalized spacial score (nSPS) is 20.4. The number of nitrogens with one attached hydrogen (secondary N) is 2. The number of ether oxygens (including phenoxy) is 2. The van der Waals surface area contributed by atoms with Crippen molar-refractivity contribution in [3.63, 3.8) is 0 Å². The van der Waals surface area contributed by atoms with Gasteiger partial charge in [0.25, 0.3) is 0 Å². The first-order valence-corrected chi connectivity index (χ1v) is 10.2. The number of esters is 1. The molecular weight excluding hydrogens is 354 g/mol. The van der Waals surface area contributed by atoms with E-state index in [1.165, 1.54) is 5.56 Å². The Morgan fingerprint density at radius 2 is 1.96 bits per heavy atom. The first-order chi connectivity index (χ1) is 13.4. The van der Waals surface area contributed by atoms with Crippen molar-refractivity contribution in [1.82, 2.24) is 10.6 Å². The van der Waals surface area contributed by atoms with E-state index in [9.17, 15) is 4.79 Å². The largest absolute Gasteiger partial charge is 0.497 e. The van der Waals surface area contributed by atoms with Gasteiger partial charge in [-0.05, 0) is 50.3 Å². The molecule has 1 aliphatic rings. The van der Waals surface area contributed by atoms with Gasteiger partial charge in [0.2, 0.25) is 0 Å². The van der Waals surface area contributed by atoms with Crippen LogP contribution in [0.15, 0.2) is 29.3 Å². The summed E-state index contributed by atoms with van der Waals surface area (Å²) in [7, 11) is 3.48. The summed E-state index contributed by atoms with van der Waals surface area (Å²) in [6.45, 7) is 7.46. The number of rotatable bonds is 7. The molecule has 0 aromatic heterocycles. The van der Waals surface area contributed by atoms with Crippen molar-refractivity contribution >= 4 is 11.9 Å². The summed E-state index contributed by atoms with van der Waals surface area (Å²) >= 11 is 0. The van der Waals surface area contributed by atoms with E-state index >= 15 is 0 Å². The van der Waals surface area contributed by atoms with E-state index in [-0.39, 0.29) is 17.3 Å². The number of aliphatic imine (C=N–C) groups is 1. The van der Waals surface area contributed by atoms with Gasteiger partial charge in [-0.15, -0.1) is 0 Å². The highest BCUT2D eigenvalue weighted by molar-refractivity contribution is 5.80. The molecule has 156 valence electrons. The van der Waals surface area contributed by atoms with Gasteiger partial charge >= 0.3 is 5.97 Å². The van der Waals surface area contributed by atoms with Gasteiger partial charge < -0.3 is 20.1 Å². The van der Waals surface area contributed by atoms with Crippen LogP contribution < -0.4 is 15.4 Å². The summed E-state index contributed by atoms with van der Waals surface area (Å²) in [5, 5.41) is 6.96. The quantitative estimate of drug-likeness (QED) is 0.425. The van der Waals surface area contributed by atoms with Crippen LogP contribution in [0, 0.1) is 5.92 Å². The molecule has 1 aromatic rings. The topological polar surface area (TPSA) is 72.0 Å². The van der Waals surface area contributed by atoms with Crippen molar-refractivity contribution in [2.75, 3.05) is 27.3 Å². The van der Waals surface area contributed by atoms with Crippen LogP contribution in [0.5, 0.6) is 5.75 Å². The maximum atomic E-state index is 11.9. The van der Waals surface area contributed by atoms with Crippen LogP contribution >= 0.6 is 0 Å². The SMILES string of the molecule is CCOC(=O)C1CCC(NC(=NC)NCC(C)(C)c2cccc(OC)c2)CC1. The van der Waals surface area contributed by atoms with Crippen molar-refractivity contribution in [1.29, 1.82) is 0 Å².